The number of benzene rings is 1. The molecule has 2 fully saturated rings. The highest BCUT2D eigenvalue weighted by Gasteiger charge is 2.34. The Morgan fingerprint density at radius 2 is 1.64 bits per heavy atom. The van der Waals surface area contributed by atoms with Gasteiger partial charge in [0.1, 0.15) is 11.6 Å². The third-order valence-electron chi connectivity index (χ3n) is 5.16. The average Bonchev–Trinajstić information content (AvgIpc) is 2.58. The zero-order chi connectivity index (χ0) is 17.4. The maximum Gasteiger partial charge on any atom is 0.266 e. The van der Waals surface area contributed by atoms with Gasteiger partial charge in [0.2, 0.25) is 0 Å². The second kappa shape index (κ2) is 6.48. The van der Waals surface area contributed by atoms with Crippen molar-refractivity contribution in [1.82, 2.24) is 14.7 Å². The van der Waals surface area contributed by atoms with Crippen molar-refractivity contribution in [3.8, 4) is 0 Å². The van der Waals surface area contributed by atoms with Gasteiger partial charge >= 0.3 is 0 Å². The first kappa shape index (κ1) is 16.1. The molecule has 0 unspecified atom stereocenters. The zero-order valence-corrected chi connectivity index (χ0v) is 14.3. The lowest BCUT2D eigenvalue weighted by atomic mass is 10.1. The summed E-state index contributed by atoms with van der Waals surface area (Å²) in [6.45, 7) is 5.83. The molecular weight excluding hydrogens is 321 g/mol. The molecule has 0 N–H and O–H groups in total. The summed E-state index contributed by atoms with van der Waals surface area (Å²) < 4.78 is 14.4. The van der Waals surface area contributed by atoms with Crippen LogP contribution in [-0.4, -0.2) is 60.0 Å². The second-order valence-corrected chi connectivity index (χ2v) is 6.71. The van der Waals surface area contributed by atoms with Crippen LogP contribution >= 0.6 is 0 Å². The summed E-state index contributed by atoms with van der Waals surface area (Å²) in [7, 11) is 1.68. The van der Waals surface area contributed by atoms with Crippen LogP contribution in [0, 0.1) is 5.82 Å². The minimum Gasteiger partial charge on any atom is -0.369 e. The zero-order valence-electron chi connectivity index (χ0n) is 14.3. The molecule has 0 saturated carbocycles. The SMILES string of the molecule is Cn1nc(N2CC(N3CCN(c4ccc(F)cc4)CC3)C2)ccc1=O. The molecule has 1 aromatic carbocycles. The summed E-state index contributed by atoms with van der Waals surface area (Å²) in [6.07, 6.45) is 0. The van der Waals surface area contributed by atoms with E-state index < -0.39 is 0 Å². The van der Waals surface area contributed by atoms with Gasteiger partial charge in [-0.2, -0.15) is 5.10 Å². The van der Waals surface area contributed by atoms with Gasteiger partial charge < -0.3 is 9.80 Å². The maximum atomic E-state index is 13.0. The number of aryl methyl sites for hydroxylation is 1. The fourth-order valence-electron chi connectivity index (χ4n) is 3.53. The van der Waals surface area contributed by atoms with E-state index in [9.17, 15) is 9.18 Å². The molecule has 4 rings (SSSR count). The van der Waals surface area contributed by atoms with Crippen molar-refractivity contribution in [3.05, 3.63) is 52.6 Å². The molecule has 0 radical (unpaired) electrons. The van der Waals surface area contributed by atoms with E-state index in [1.54, 1.807) is 19.2 Å². The van der Waals surface area contributed by atoms with E-state index in [-0.39, 0.29) is 11.4 Å². The average molecular weight is 343 g/mol. The van der Waals surface area contributed by atoms with Crippen molar-refractivity contribution in [1.29, 1.82) is 0 Å². The smallest absolute Gasteiger partial charge is 0.266 e. The molecule has 2 aromatic rings. The Morgan fingerprint density at radius 3 is 2.28 bits per heavy atom. The van der Waals surface area contributed by atoms with Gasteiger partial charge in [-0.15, -0.1) is 0 Å². The molecule has 7 heteroatoms. The van der Waals surface area contributed by atoms with Crippen molar-refractivity contribution >= 4 is 11.5 Å². The summed E-state index contributed by atoms with van der Waals surface area (Å²) in [5.74, 6) is 0.673. The second-order valence-electron chi connectivity index (χ2n) is 6.71. The van der Waals surface area contributed by atoms with Crippen LogP contribution < -0.4 is 15.4 Å². The van der Waals surface area contributed by atoms with Gasteiger partial charge in [0.25, 0.3) is 5.56 Å². The normalized spacial score (nSPS) is 19.1. The van der Waals surface area contributed by atoms with Gasteiger partial charge in [-0.25, -0.2) is 9.07 Å². The highest BCUT2D eigenvalue weighted by molar-refractivity contribution is 5.47. The van der Waals surface area contributed by atoms with Crippen LogP contribution in [0.5, 0.6) is 0 Å². The third-order valence-corrected chi connectivity index (χ3v) is 5.16. The summed E-state index contributed by atoms with van der Waals surface area (Å²) >= 11 is 0. The first-order valence-corrected chi connectivity index (χ1v) is 8.64. The number of hydrogen-bond acceptors (Lipinski definition) is 5. The van der Waals surface area contributed by atoms with Crippen LogP contribution in [0.2, 0.25) is 0 Å². The number of halogens is 1. The molecule has 1 aromatic heterocycles. The number of rotatable bonds is 3. The van der Waals surface area contributed by atoms with Crippen LogP contribution in [0.1, 0.15) is 0 Å². The Labute approximate surface area is 146 Å². The molecule has 0 spiro atoms. The molecule has 25 heavy (non-hydrogen) atoms. The van der Waals surface area contributed by atoms with E-state index in [4.69, 9.17) is 0 Å². The van der Waals surface area contributed by atoms with E-state index in [1.807, 2.05) is 12.1 Å². The summed E-state index contributed by atoms with van der Waals surface area (Å²) in [4.78, 5) is 18.5. The fourth-order valence-corrected chi connectivity index (χ4v) is 3.53. The monoisotopic (exact) mass is 343 g/mol. The largest absolute Gasteiger partial charge is 0.369 e. The Bertz CT molecular complexity index is 792. The quantitative estimate of drug-likeness (QED) is 0.830. The van der Waals surface area contributed by atoms with E-state index in [0.717, 1.165) is 50.8 Å². The standard InChI is InChI=1S/C18H22FN5O/c1-21-18(25)7-6-17(20-21)24-12-16(13-24)23-10-8-22(9-11-23)15-4-2-14(19)3-5-15/h2-7,16H,8-13H2,1H3. The van der Waals surface area contributed by atoms with Crippen LogP contribution in [0.25, 0.3) is 0 Å². The predicted molar refractivity (Wildman–Crippen MR) is 95.7 cm³/mol. The molecule has 0 aliphatic carbocycles. The van der Waals surface area contributed by atoms with E-state index >= 15 is 0 Å². The van der Waals surface area contributed by atoms with Crippen molar-refractivity contribution in [2.45, 2.75) is 6.04 Å². The summed E-state index contributed by atoms with van der Waals surface area (Å²) in [5.41, 5.74) is 1.00. The molecule has 2 saturated heterocycles. The Balaban J connectivity index is 1.30. The van der Waals surface area contributed by atoms with Gasteiger partial charge in [-0.1, -0.05) is 0 Å². The number of piperazine rings is 1. The topological polar surface area (TPSA) is 44.6 Å². The first-order valence-electron chi connectivity index (χ1n) is 8.64. The maximum absolute atomic E-state index is 13.0. The Morgan fingerprint density at radius 1 is 0.960 bits per heavy atom. The Kier molecular flexibility index (Phi) is 4.17. The molecule has 2 aliphatic heterocycles. The molecule has 132 valence electrons. The summed E-state index contributed by atoms with van der Waals surface area (Å²) in [6, 6.07) is 10.6. The highest BCUT2D eigenvalue weighted by Crippen LogP contribution is 2.23. The van der Waals surface area contributed by atoms with Crippen molar-refractivity contribution in [2.24, 2.45) is 7.05 Å². The van der Waals surface area contributed by atoms with Gasteiger partial charge in [0.15, 0.2) is 0 Å². The first-order chi connectivity index (χ1) is 12.1. The fraction of sp³-hybridized carbons (Fsp3) is 0.444. The number of hydrogen-bond donors (Lipinski definition) is 0. The third kappa shape index (κ3) is 3.24. The van der Waals surface area contributed by atoms with Crippen LogP contribution in [-0.2, 0) is 7.05 Å². The minimum absolute atomic E-state index is 0.0854. The molecule has 6 nitrogen and oxygen atoms in total. The van der Waals surface area contributed by atoms with Crippen molar-refractivity contribution < 1.29 is 4.39 Å². The minimum atomic E-state index is -0.191. The van der Waals surface area contributed by atoms with Gasteiger partial charge in [-0.3, -0.25) is 9.69 Å². The predicted octanol–water partition coefficient (Wildman–Crippen LogP) is 0.930. The van der Waals surface area contributed by atoms with E-state index in [1.165, 1.54) is 16.8 Å². The van der Waals surface area contributed by atoms with Crippen LogP contribution in [0.3, 0.4) is 0 Å². The number of anilines is 2. The number of aromatic nitrogens is 2. The van der Waals surface area contributed by atoms with Crippen LogP contribution in [0.15, 0.2) is 41.2 Å². The van der Waals surface area contributed by atoms with Gasteiger partial charge in [0, 0.05) is 64.1 Å². The summed E-state index contributed by atoms with van der Waals surface area (Å²) in [5, 5.41) is 4.31. The van der Waals surface area contributed by atoms with Crippen molar-refractivity contribution in [2.75, 3.05) is 49.1 Å². The molecule has 2 aliphatic rings. The van der Waals surface area contributed by atoms with Crippen molar-refractivity contribution in [3.63, 3.8) is 0 Å². The Hall–Kier alpha value is -2.41. The molecule has 0 atom stereocenters. The highest BCUT2D eigenvalue weighted by atomic mass is 19.1. The number of nitrogens with zero attached hydrogens (tertiary/aromatic N) is 5. The van der Waals surface area contributed by atoms with Crippen LogP contribution in [0.4, 0.5) is 15.9 Å². The molecule has 0 bridgehead atoms. The lowest BCUT2D eigenvalue weighted by Crippen LogP contribution is -2.63. The van der Waals surface area contributed by atoms with E-state index in [0.29, 0.717) is 6.04 Å². The lowest BCUT2D eigenvalue weighted by Gasteiger charge is -2.48. The van der Waals surface area contributed by atoms with Gasteiger partial charge in [-0.05, 0) is 30.3 Å². The van der Waals surface area contributed by atoms with Gasteiger partial charge in [0.05, 0.1) is 0 Å². The molecule has 3 heterocycles. The lowest BCUT2D eigenvalue weighted by molar-refractivity contribution is 0.156. The van der Waals surface area contributed by atoms with E-state index in [2.05, 4.69) is 19.8 Å². The molecule has 0 amide bonds. The molecular formula is C18H22FN5O.